The molecule has 0 amide bonds. The van der Waals surface area contributed by atoms with Crippen molar-refractivity contribution < 1.29 is 14.3 Å². The van der Waals surface area contributed by atoms with E-state index in [1.165, 1.54) is 12.1 Å². The average molecular weight is 239 g/mol. The van der Waals surface area contributed by atoms with Crippen LogP contribution in [0.1, 0.15) is 25.0 Å². The van der Waals surface area contributed by atoms with Crippen molar-refractivity contribution in [3.05, 3.63) is 35.1 Å². The Kier molecular flexibility index (Phi) is 4.63. The van der Waals surface area contributed by atoms with Gasteiger partial charge in [-0.05, 0) is 36.1 Å². The van der Waals surface area contributed by atoms with E-state index in [4.69, 9.17) is 5.11 Å². The van der Waals surface area contributed by atoms with E-state index < -0.39 is 12.0 Å². The maximum absolute atomic E-state index is 13.0. The number of hydrogen-bond donors (Lipinski definition) is 2. The Morgan fingerprint density at radius 3 is 2.65 bits per heavy atom. The summed E-state index contributed by atoms with van der Waals surface area (Å²) in [5.41, 5.74) is 1.74. The Labute approximate surface area is 101 Å². The van der Waals surface area contributed by atoms with Gasteiger partial charge in [-0.1, -0.05) is 19.9 Å². The van der Waals surface area contributed by atoms with Crippen LogP contribution < -0.4 is 5.32 Å². The van der Waals surface area contributed by atoms with Gasteiger partial charge in [-0.3, -0.25) is 4.79 Å². The normalized spacial score (nSPS) is 12.8. The first-order valence-electron chi connectivity index (χ1n) is 5.63. The third-order valence-electron chi connectivity index (χ3n) is 2.76. The monoisotopic (exact) mass is 239 g/mol. The zero-order valence-corrected chi connectivity index (χ0v) is 10.3. The summed E-state index contributed by atoms with van der Waals surface area (Å²) < 4.78 is 13.0. The van der Waals surface area contributed by atoms with E-state index in [2.05, 4.69) is 5.32 Å². The zero-order valence-electron chi connectivity index (χ0n) is 10.3. The molecule has 0 aliphatic rings. The topological polar surface area (TPSA) is 49.3 Å². The molecule has 0 heterocycles. The number of halogens is 1. The largest absolute Gasteiger partial charge is 0.480 e. The summed E-state index contributed by atoms with van der Waals surface area (Å²) >= 11 is 0. The summed E-state index contributed by atoms with van der Waals surface area (Å²) in [7, 11) is 0. The van der Waals surface area contributed by atoms with E-state index in [-0.39, 0.29) is 11.7 Å². The highest BCUT2D eigenvalue weighted by Gasteiger charge is 2.20. The molecule has 0 aliphatic carbocycles. The number of nitrogens with one attached hydrogen (secondary N) is 1. The molecule has 94 valence electrons. The number of carboxylic acid groups (broad SMARTS) is 1. The number of hydrogen-bond acceptors (Lipinski definition) is 2. The summed E-state index contributed by atoms with van der Waals surface area (Å²) in [6, 6.07) is 3.91. The van der Waals surface area contributed by atoms with Crippen LogP contribution in [0, 0.1) is 18.7 Å². The van der Waals surface area contributed by atoms with Crippen molar-refractivity contribution in [2.75, 3.05) is 0 Å². The van der Waals surface area contributed by atoms with Crippen LogP contribution >= 0.6 is 0 Å². The number of carboxylic acids is 1. The summed E-state index contributed by atoms with van der Waals surface area (Å²) in [4.78, 5) is 11.0. The average Bonchev–Trinajstić information content (AvgIpc) is 2.22. The van der Waals surface area contributed by atoms with Gasteiger partial charge in [0.25, 0.3) is 0 Å². The number of aliphatic carboxylic acids is 1. The lowest BCUT2D eigenvalue weighted by Crippen LogP contribution is -2.40. The quantitative estimate of drug-likeness (QED) is 0.829. The van der Waals surface area contributed by atoms with Crippen LogP contribution in [-0.2, 0) is 11.3 Å². The number of carbonyl (C=O) groups is 1. The molecule has 0 bridgehead atoms. The van der Waals surface area contributed by atoms with Crippen molar-refractivity contribution in [1.82, 2.24) is 5.32 Å². The molecule has 1 rings (SSSR count). The van der Waals surface area contributed by atoms with E-state index in [1.807, 2.05) is 20.8 Å². The minimum atomic E-state index is -0.881. The van der Waals surface area contributed by atoms with Crippen molar-refractivity contribution in [2.24, 2.45) is 5.92 Å². The van der Waals surface area contributed by atoms with Gasteiger partial charge in [-0.15, -0.1) is 0 Å². The molecule has 1 atom stereocenters. The fourth-order valence-electron chi connectivity index (χ4n) is 1.66. The van der Waals surface area contributed by atoms with Crippen LogP contribution in [0.2, 0.25) is 0 Å². The van der Waals surface area contributed by atoms with Crippen molar-refractivity contribution in [3.8, 4) is 0 Å². The van der Waals surface area contributed by atoms with E-state index in [9.17, 15) is 9.18 Å². The second-order valence-electron chi connectivity index (χ2n) is 4.51. The maximum atomic E-state index is 13.0. The SMILES string of the molecule is Cc1ccc(F)cc1CNC(C(=O)O)C(C)C. The Hall–Kier alpha value is -1.42. The van der Waals surface area contributed by atoms with E-state index in [0.29, 0.717) is 6.54 Å². The minimum Gasteiger partial charge on any atom is -0.480 e. The van der Waals surface area contributed by atoms with Crippen LogP contribution in [-0.4, -0.2) is 17.1 Å². The van der Waals surface area contributed by atoms with Gasteiger partial charge in [0.1, 0.15) is 11.9 Å². The van der Waals surface area contributed by atoms with Crippen molar-refractivity contribution >= 4 is 5.97 Å². The molecule has 0 radical (unpaired) electrons. The van der Waals surface area contributed by atoms with Crippen LogP contribution in [0.15, 0.2) is 18.2 Å². The first kappa shape index (κ1) is 13.6. The standard InChI is InChI=1S/C13H18FNO2/c1-8(2)12(13(16)17)15-7-10-6-11(14)5-4-9(10)3/h4-6,8,12,15H,7H2,1-3H3,(H,16,17). The molecule has 0 saturated heterocycles. The van der Waals surface area contributed by atoms with Crippen molar-refractivity contribution in [2.45, 2.75) is 33.4 Å². The molecular weight excluding hydrogens is 221 g/mol. The first-order valence-corrected chi connectivity index (χ1v) is 5.63. The molecule has 17 heavy (non-hydrogen) atoms. The molecule has 0 fully saturated rings. The zero-order chi connectivity index (χ0) is 13.0. The van der Waals surface area contributed by atoms with Crippen LogP contribution in [0.4, 0.5) is 4.39 Å². The number of aryl methyl sites for hydroxylation is 1. The molecule has 0 aliphatic heterocycles. The number of benzene rings is 1. The van der Waals surface area contributed by atoms with Gasteiger partial charge < -0.3 is 10.4 Å². The predicted molar refractivity (Wildman–Crippen MR) is 64.2 cm³/mol. The molecular formula is C13H18FNO2. The minimum absolute atomic E-state index is 0.0126. The second kappa shape index (κ2) is 5.77. The van der Waals surface area contributed by atoms with E-state index in [1.54, 1.807) is 6.07 Å². The van der Waals surface area contributed by atoms with E-state index in [0.717, 1.165) is 11.1 Å². The fraction of sp³-hybridized carbons (Fsp3) is 0.462. The van der Waals surface area contributed by atoms with Crippen LogP contribution in [0.5, 0.6) is 0 Å². The van der Waals surface area contributed by atoms with Crippen LogP contribution in [0.3, 0.4) is 0 Å². The van der Waals surface area contributed by atoms with Gasteiger partial charge in [-0.25, -0.2) is 4.39 Å². The highest BCUT2D eigenvalue weighted by Crippen LogP contribution is 2.11. The Balaban J connectivity index is 2.72. The van der Waals surface area contributed by atoms with Gasteiger partial charge in [-0.2, -0.15) is 0 Å². The molecule has 2 N–H and O–H groups in total. The molecule has 3 nitrogen and oxygen atoms in total. The summed E-state index contributed by atoms with van der Waals surface area (Å²) in [5.74, 6) is -1.20. The molecule has 1 aromatic rings. The van der Waals surface area contributed by atoms with Gasteiger partial charge in [0.05, 0.1) is 0 Å². The van der Waals surface area contributed by atoms with Gasteiger partial charge in [0.15, 0.2) is 0 Å². The van der Waals surface area contributed by atoms with Gasteiger partial charge in [0.2, 0.25) is 0 Å². The molecule has 0 spiro atoms. The molecule has 0 saturated carbocycles. The van der Waals surface area contributed by atoms with E-state index >= 15 is 0 Å². The predicted octanol–water partition coefficient (Wildman–Crippen LogP) is 2.33. The fourth-order valence-corrected chi connectivity index (χ4v) is 1.66. The lowest BCUT2D eigenvalue weighted by atomic mass is 10.0. The molecule has 1 aromatic carbocycles. The lowest BCUT2D eigenvalue weighted by Gasteiger charge is -2.18. The Bertz CT molecular complexity index is 404. The highest BCUT2D eigenvalue weighted by molar-refractivity contribution is 5.73. The smallest absolute Gasteiger partial charge is 0.320 e. The summed E-state index contributed by atoms with van der Waals surface area (Å²) in [5, 5.41) is 11.9. The first-order chi connectivity index (χ1) is 7.91. The van der Waals surface area contributed by atoms with Crippen molar-refractivity contribution in [1.29, 1.82) is 0 Å². The number of rotatable bonds is 5. The lowest BCUT2D eigenvalue weighted by molar-refractivity contribution is -0.140. The summed E-state index contributed by atoms with van der Waals surface area (Å²) in [6.45, 7) is 5.91. The molecule has 4 heteroatoms. The third kappa shape index (κ3) is 3.82. The third-order valence-corrected chi connectivity index (χ3v) is 2.76. The Morgan fingerprint density at radius 1 is 1.47 bits per heavy atom. The second-order valence-corrected chi connectivity index (χ2v) is 4.51. The van der Waals surface area contributed by atoms with Gasteiger partial charge >= 0.3 is 5.97 Å². The summed E-state index contributed by atoms with van der Waals surface area (Å²) in [6.07, 6.45) is 0. The molecule has 0 aromatic heterocycles. The van der Waals surface area contributed by atoms with Gasteiger partial charge in [0, 0.05) is 6.54 Å². The Morgan fingerprint density at radius 2 is 2.12 bits per heavy atom. The maximum Gasteiger partial charge on any atom is 0.320 e. The highest BCUT2D eigenvalue weighted by atomic mass is 19.1. The molecule has 1 unspecified atom stereocenters. The van der Waals surface area contributed by atoms with Crippen LogP contribution in [0.25, 0.3) is 0 Å². The van der Waals surface area contributed by atoms with Crippen molar-refractivity contribution in [3.63, 3.8) is 0 Å².